The van der Waals surface area contributed by atoms with Gasteiger partial charge in [-0.25, -0.2) is 0 Å². The summed E-state index contributed by atoms with van der Waals surface area (Å²) in [5.41, 5.74) is 1.07. The van der Waals surface area contributed by atoms with Crippen LogP contribution in [0.2, 0.25) is 5.15 Å². The van der Waals surface area contributed by atoms with E-state index in [1.54, 1.807) is 17.8 Å². The van der Waals surface area contributed by atoms with Crippen molar-refractivity contribution >= 4 is 23.6 Å². The number of nitrogens with one attached hydrogen (secondary N) is 1. The Labute approximate surface area is 123 Å². The minimum absolute atomic E-state index is 0.0146. The standard InChI is InChI=1S/C14H20ClN3O2/c1-10-11(13(15)18(2)17-10)5-6-12(20)16-14(9-19)7-3-4-8-14/h5-6,19H,3-4,7-9H2,1-2H3,(H,16,20)/b6-5+. The van der Waals surface area contributed by atoms with Crippen LogP contribution in [0, 0.1) is 6.92 Å². The summed E-state index contributed by atoms with van der Waals surface area (Å²) in [7, 11) is 1.76. The van der Waals surface area contributed by atoms with E-state index in [2.05, 4.69) is 10.4 Å². The zero-order chi connectivity index (χ0) is 14.8. The molecule has 0 bridgehead atoms. The second-order valence-corrected chi connectivity index (χ2v) is 5.74. The van der Waals surface area contributed by atoms with Gasteiger partial charge >= 0.3 is 0 Å². The number of carbonyl (C=O) groups excluding carboxylic acids is 1. The molecule has 2 rings (SSSR count). The van der Waals surface area contributed by atoms with Crippen LogP contribution in [-0.2, 0) is 11.8 Å². The van der Waals surface area contributed by atoms with Crippen LogP contribution in [0.1, 0.15) is 36.9 Å². The minimum Gasteiger partial charge on any atom is -0.394 e. The Balaban J connectivity index is 2.06. The monoisotopic (exact) mass is 297 g/mol. The van der Waals surface area contributed by atoms with Crippen molar-refractivity contribution in [3.05, 3.63) is 22.5 Å². The molecule has 1 aromatic rings. The van der Waals surface area contributed by atoms with Gasteiger partial charge in [0.25, 0.3) is 0 Å². The molecule has 1 saturated carbocycles. The van der Waals surface area contributed by atoms with Gasteiger partial charge in [-0.3, -0.25) is 9.48 Å². The van der Waals surface area contributed by atoms with E-state index in [9.17, 15) is 9.90 Å². The number of aryl methyl sites for hydroxylation is 2. The summed E-state index contributed by atoms with van der Waals surface area (Å²) < 4.78 is 1.57. The van der Waals surface area contributed by atoms with Crippen molar-refractivity contribution in [2.24, 2.45) is 7.05 Å². The van der Waals surface area contributed by atoms with Gasteiger partial charge in [0.2, 0.25) is 5.91 Å². The maximum Gasteiger partial charge on any atom is 0.244 e. The first-order valence-electron chi connectivity index (χ1n) is 6.78. The third kappa shape index (κ3) is 3.04. The lowest BCUT2D eigenvalue weighted by atomic mass is 9.99. The Morgan fingerprint density at radius 2 is 2.20 bits per heavy atom. The van der Waals surface area contributed by atoms with Crippen LogP contribution >= 0.6 is 11.6 Å². The van der Waals surface area contributed by atoms with Gasteiger partial charge in [0.15, 0.2) is 0 Å². The summed E-state index contributed by atoms with van der Waals surface area (Å²) in [6.07, 6.45) is 6.85. The van der Waals surface area contributed by atoms with E-state index in [-0.39, 0.29) is 12.5 Å². The number of aromatic nitrogens is 2. The van der Waals surface area contributed by atoms with Gasteiger partial charge in [-0.05, 0) is 25.8 Å². The van der Waals surface area contributed by atoms with E-state index in [0.717, 1.165) is 36.9 Å². The molecule has 20 heavy (non-hydrogen) atoms. The minimum atomic E-state index is -0.449. The number of aliphatic hydroxyl groups is 1. The van der Waals surface area contributed by atoms with Crippen LogP contribution in [-0.4, -0.2) is 32.9 Å². The Morgan fingerprint density at radius 3 is 2.70 bits per heavy atom. The molecule has 0 unspecified atom stereocenters. The molecule has 1 fully saturated rings. The van der Waals surface area contributed by atoms with Gasteiger partial charge in [-0.1, -0.05) is 24.4 Å². The molecule has 0 spiro atoms. The Bertz CT molecular complexity index is 531. The van der Waals surface area contributed by atoms with Gasteiger partial charge in [-0.2, -0.15) is 5.10 Å². The maximum absolute atomic E-state index is 12.0. The molecule has 1 aliphatic carbocycles. The highest BCUT2D eigenvalue weighted by Crippen LogP contribution is 2.29. The maximum atomic E-state index is 12.0. The number of aliphatic hydroxyl groups excluding tert-OH is 1. The Hall–Kier alpha value is -1.33. The lowest BCUT2D eigenvalue weighted by molar-refractivity contribution is -0.118. The zero-order valence-electron chi connectivity index (χ0n) is 11.8. The largest absolute Gasteiger partial charge is 0.394 e. The van der Waals surface area contributed by atoms with Crippen LogP contribution in [0.15, 0.2) is 6.08 Å². The number of rotatable bonds is 4. The first-order chi connectivity index (χ1) is 9.47. The summed E-state index contributed by atoms with van der Waals surface area (Å²) in [6.45, 7) is 1.83. The van der Waals surface area contributed by atoms with E-state index in [4.69, 9.17) is 11.6 Å². The number of nitrogens with zero attached hydrogens (tertiary/aromatic N) is 2. The van der Waals surface area contributed by atoms with Crippen molar-refractivity contribution in [1.82, 2.24) is 15.1 Å². The van der Waals surface area contributed by atoms with E-state index in [1.165, 1.54) is 6.08 Å². The highest BCUT2D eigenvalue weighted by molar-refractivity contribution is 6.31. The summed E-state index contributed by atoms with van der Waals surface area (Å²) in [6, 6.07) is 0. The first-order valence-corrected chi connectivity index (χ1v) is 7.15. The van der Waals surface area contributed by atoms with Gasteiger partial charge in [0.05, 0.1) is 17.8 Å². The third-order valence-electron chi connectivity index (χ3n) is 3.85. The number of hydrogen-bond donors (Lipinski definition) is 2. The van der Waals surface area contributed by atoms with Gasteiger partial charge < -0.3 is 10.4 Å². The summed E-state index contributed by atoms with van der Waals surface area (Å²) in [5.74, 6) is -0.208. The number of amides is 1. The molecule has 5 nitrogen and oxygen atoms in total. The lowest BCUT2D eigenvalue weighted by Gasteiger charge is -2.27. The van der Waals surface area contributed by atoms with Crippen molar-refractivity contribution < 1.29 is 9.90 Å². The third-order valence-corrected chi connectivity index (χ3v) is 4.30. The first kappa shape index (κ1) is 15.1. The van der Waals surface area contributed by atoms with Gasteiger partial charge in [0.1, 0.15) is 5.15 Å². The molecular formula is C14H20ClN3O2. The van der Waals surface area contributed by atoms with E-state index in [0.29, 0.717) is 5.15 Å². The normalized spacial score (nSPS) is 17.8. The van der Waals surface area contributed by atoms with Crippen molar-refractivity contribution in [1.29, 1.82) is 0 Å². The Morgan fingerprint density at radius 1 is 1.55 bits per heavy atom. The second kappa shape index (κ2) is 5.97. The molecule has 6 heteroatoms. The SMILES string of the molecule is Cc1nn(C)c(Cl)c1/C=C/C(=O)NC1(CO)CCCC1. The molecule has 1 amide bonds. The fraction of sp³-hybridized carbons (Fsp3) is 0.571. The average Bonchev–Trinajstić information content (AvgIpc) is 2.95. The van der Waals surface area contributed by atoms with Crippen molar-refractivity contribution in [3.63, 3.8) is 0 Å². The molecule has 1 aliphatic rings. The van der Waals surface area contributed by atoms with Gasteiger partial charge in [0, 0.05) is 18.7 Å². The van der Waals surface area contributed by atoms with Crippen LogP contribution in [0.3, 0.4) is 0 Å². The molecule has 1 heterocycles. The van der Waals surface area contributed by atoms with E-state index < -0.39 is 5.54 Å². The molecule has 2 N–H and O–H groups in total. The van der Waals surface area contributed by atoms with Crippen LogP contribution in [0.25, 0.3) is 6.08 Å². The molecule has 0 radical (unpaired) electrons. The van der Waals surface area contributed by atoms with Crippen molar-refractivity contribution in [2.45, 2.75) is 38.1 Å². The predicted octanol–water partition coefficient (Wildman–Crippen LogP) is 1.82. The van der Waals surface area contributed by atoms with E-state index >= 15 is 0 Å². The summed E-state index contributed by atoms with van der Waals surface area (Å²) >= 11 is 6.10. The predicted molar refractivity (Wildman–Crippen MR) is 78.4 cm³/mol. The number of carbonyl (C=O) groups is 1. The summed E-state index contributed by atoms with van der Waals surface area (Å²) in [5, 5.41) is 17.1. The fourth-order valence-electron chi connectivity index (χ4n) is 2.67. The van der Waals surface area contributed by atoms with Crippen molar-refractivity contribution in [3.8, 4) is 0 Å². The number of halogens is 1. The summed E-state index contributed by atoms with van der Waals surface area (Å²) in [4.78, 5) is 12.0. The van der Waals surface area contributed by atoms with Crippen molar-refractivity contribution in [2.75, 3.05) is 6.61 Å². The van der Waals surface area contributed by atoms with E-state index in [1.807, 2.05) is 6.92 Å². The van der Waals surface area contributed by atoms with Gasteiger partial charge in [-0.15, -0.1) is 0 Å². The molecular weight excluding hydrogens is 278 g/mol. The molecule has 1 aromatic heterocycles. The van der Waals surface area contributed by atoms with Crippen LogP contribution in [0.5, 0.6) is 0 Å². The highest BCUT2D eigenvalue weighted by Gasteiger charge is 2.33. The number of hydrogen-bond acceptors (Lipinski definition) is 3. The molecule has 110 valence electrons. The van der Waals surface area contributed by atoms with Crippen LogP contribution in [0.4, 0.5) is 0 Å². The van der Waals surface area contributed by atoms with Crippen LogP contribution < -0.4 is 5.32 Å². The molecule has 0 atom stereocenters. The topological polar surface area (TPSA) is 67.2 Å². The molecule has 0 aromatic carbocycles. The molecule has 0 saturated heterocycles. The zero-order valence-corrected chi connectivity index (χ0v) is 12.6. The second-order valence-electron chi connectivity index (χ2n) is 5.38. The highest BCUT2D eigenvalue weighted by atomic mass is 35.5. The average molecular weight is 298 g/mol. The quantitative estimate of drug-likeness (QED) is 0.833. The molecule has 0 aliphatic heterocycles. The smallest absolute Gasteiger partial charge is 0.244 e. The fourth-order valence-corrected chi connectivity index (χ4v) is 2.91. The lowest BCUT2D eigenvalue weighted by Crippen LogP contribution is -2.48. The Kier molecular flexibility index (Phi) is 4.50.